The number of carbonyl (C=O) groups excluding carboxylic acids is 4. The number of primary amides is 1. The van der Waals surface area contributed by atoms with Crippen molar-refractivity contribution in [3.8, 4) is 0 Å². The molecule has 9 nitrogen and oxygen atoms in total. The largest absolute Gasteiger partial charge is 0.462 e. The maximum atomic E-state index is 12.4. The van der Waals surface area contributed by atoms with Crippen LogP contribution in [0.3, 0.4) is 0 Å². The molecule has 10 heteroatoms. The summed E-state index contributed by atoms with van der Waals surface area (Å²) in [6, 6.07) is 1.49. The maximum absolute atomic E-state index is 12.4. The van der Waals surface area contributed by atoms with E-state index in [2.05, 4.69) is 10.3 Å². The molecular weight excluding hydrogens is 386 g/mol. The van der Waals surface area contributed by atoms with Crippen LogP contribution in [0.2, 0.25) is 0 Å². The molecule has 150 valence electrons. The summed E-state index contributed by atoms with van der Waals surface area (Å²) in [4.78, 5) is 50.9. The van der Waals surface area contributed by atoms with E-state index in [4.69, 9.17) is 15.2 Å². The van der Waals surface area contributed by atoms with Crippen LogP contribution in [0.15, 0.2) is 11.4 Å². The van der Waals surface area contributed by atoms with Gasteiger partial charge in [0.15, 0.2) is 6.10 Å². The third-order valence-corrected chi connectivity index (χ3v) is 4.77. The summed E-state index contributed by atoms with van der Waals surface area (Å²) in [5.74, 6) is -2.63. The number of aromatic nitrogens is 1. The van der Waals surface area contributed by atoms with Gasteiger partial charge < -0.3 is 25.5 Å². The Kier molecular flexibility index (Phi) is 6.57. The number of aryl methyl sites for hydroxylation is 1. The fourth-order valence-corrected chi connectivity index (χ4v) is 3.35. The highest BCUT2D eigenvalue weighted by molar-refractivity contribution is 7.14. The molecule has 28 heavy (non-hydrogen) atoms. The number of aromatic amines is 1. The van der Waals surface area contributed by atoms with Crippen LogP contribution in [0.25, 0.3) is 0 Å². The number of H-pyrrole nitrogens is 1. The third kappa shape index (κ3) is 4.39. The molecule has 2 heterocycles. The SMILES string of the molecule is CCOC(=O)c1c(C)[nH]c(C(=O)OC(C)C(=O)Nc2sccc2C(N)=O)c1C. The van der Waals surface area contributed by atoms with E-state index >= 15 is 0 Å². The normalized spacial score (nSPS) is 11.6. The van der Waals surface area contributed by atoms with Gasteiger partial charge in [0.05, 0.1) is 17.7 Å². The highest BCUT2D eigenvalue weighted by Crippen LogP contribution is 2.24. The summed E-state index contributed by atoms with van der Waals surface area (Å²) in [6.45, 7) is 6.50. The molecule has 0 fully saturated rings. The van der Waals surface area contributed by atoms with E-state index in [0.717, 1.165) is 11.3 Å². The number of esters is 2. The first-order valence-electron chi connectivity index (χ1n) is 8.42. The fourth-order valence-electron chi connectivity index (χ4n) is 2.55. The minimum absolute atomic E-state index is 0.0640. The molecule has 0 aliphatic carbocycles. The summed E-state index contributed by atoms with van der Waals surface area (Å²) < 4.78 is 10.2. The molecule has 0 saturated heterocycles. The standard InChI is InChI=1S/C18H21N3O6S/c1-5-26-17(24)12-8(2)13(20-9(12)3)18(25)27-10(4)15(23)21-16-11(14(19)22)6-7-28-16/h6-7,10,20H,5H2,1-4H3,(H2,19,22)(H,21,23). The number of carbonyl (C=O) groups is 4. The molecule has 0 radical (unpaired) electrons. The highest BCUT2D eigenvalue weighted by Gasteiger charge is 2.27. The number of nitrogens with two attached hydrogens (primary N) is 1. The first-order valence-corrected chi connectivity index (χ1v) is 9.30. The molecule has 1 atom stereocenters. The average Bonchev–Trinajstić information content (AvgIpc) is 3.19. The lowest BCUT2D eigenvalue weighted by Gasteiger charge is -2.13. The van der Waals surface area contributed by atoms with Gasteiger partial charge in [-0.2, -0.15) is 0 Å². The van der Waals surface area contributed by atoms with Crippen LogP contribution in [0.5, 0.6) is 0 Å². The van der Waals surface area contributed by atoms with Crippen molar-refractivity contribution in [3.05, 3.63) is 39.5 Å². The Labute approximate surface area is 165 Å². The Morgan fingerprint density at radius 2 is 1.93 bits per heavy atom. The first-order chi connectivity index (χ1) is 13.2. The Hall–Kier alpha value is -3.14. The molecular formula is C18H21N3O6S. The molecule has 0 aliphatic heterocycles. The second-order valence-corrected chi connectivity index (χ2v) is 6.83. The van der Waals surface area contributed by atoms with Crippen LogP contribution in [0.1, 0.15) is 56.3 Å². The minimum Gasteiger partial charge on any atom is -0.462 e. The quantitative estimate of drug-likeness (QED) is 0.601. The van der Waals surface area contributed by atoms with Crippen molar-refractivity contribution in [1.82, 2.24) is 4.98 Å². The molecule has 2 rings (SSSR count). The van der Waals surface area contributed by atoms with Gasteiger partial charge in [-0.3, -0.25) is 9.59 Å². The van der Waals surface area contributed by atoms with Crippen molar-refractivity contribution in [2.75, 3.05) is 11.9 Å². The van der Waals surface area contributed by atoms with Gasteiger partial charge in [0.25, 0.3) is 11.8 Å². The monoisotopic (exact) mass is 407 g/mol. The van der Waals surface area contributed by atoms with Gasteiger partial charge in [-0.1, -0.05) is 0 Å². The number of hydrogen-bond acceptors (Lipinski definition) is 7. The minimum atomic E-state index is -1.15. The Bertz CT molecular complexity index is 930. The molecule has 0 aromatic carbocycles. The van der Waals surface area contributed by atoms with E-state index in [-0.39, 0.29) is 28.4 Å². The maximum Gasteiger partial charge on any atom is 0.355 e. The van der Waals surface area contributed by atoms with E-state index in [1.807, 2.05) is 0 Å². The topological polar surface area (TPSA) is 141 Å². The van der Waals surface area contributed by atoms with Crippen molar-refractivity contribution in [3.63, 3.8) is 0 Å². The van der Waals surface area contributed by atoms with Gasteiger partial charge >= 0.3 is 11.9 Å². The zero-order valence-corrected chi connectivity index (χ0v) is 16.7. The molecule has 0 aliphatic rings. The summed E-state index contributed by atoms with van der Waals surface area (Å²) >= 11 is 1.12. The van der Waals surface area contributed by atoms with E-state index in [1.165, 1.54) is 13.0 Å². The van der Waals surface area contributed by atoms with Gasteiger partial charge in [0.1, 0.15) is 10.7 Å². The smallest absolute Gasteiger partial charge is 0.355 e. The molecule has 2 aromatic heterocycles. The van der Waals surface area contributed by atoms with Crippen LogP contribution in [-0.2, 0) is 14.3 Å². The summed E-state index contributed by atoms with van der Waals surface area (Å²) in [5.41, 5.74) is 6.57. The van der Waals surface area contributed by atoms with Gasteiger partial charge in [0, 0.05) is 5.69 Å². The number of rotatable bonds is 7. The molecule has 1 unspecified atom stereocenters. The van der Waals surface area contributed by atoms with E-state index in [1.54, 1.807) is 26.2 Å². The molecule has 2 aromatic rings. The number of ether oxygens (including phenoxy) is 2. The van der Waals surface area contributed by atoms with Crippen molar-refractivity contribution in [2.45, 2.75) is 33.8 Å². The Morgan fingerprint density at radius 3 is 2.54 bits per heavy atom. The van der Waals surface area contributed by atoms with Crippen molar-refractivity contribution in [2.24, 2.45) is 5.73 Å². The fraction of sp³-hybridized carbons (Fsp3) is 0.333. The number of anilines is 1. The lowest BCUT2D eigenvalue weighted by molar-refractivity contribution is -0.123. The molecule has 4 N–H and O–H groups in total. The molecule has 2 amide bonds. The summed E-state index contributed by atoms with van der Waals surface area (Å²) in [5, 5.41) is 4.39. The van der Waals surface area contributed by atoms with Crippen LogP contribution < -0.4 is 11.1 Å². The number of thiophene rings is 1. The van der Waals surface area contributed by atoms with Gasteiger partial charge in [0.2, 0.25) is 0 Å². The predicted molar refractivity (Wildman–Crippen MR) is 103 cm³/mol. The van der Waals surface area contributed by atoms with Gasteiger partial charge in [-0.15, -0.1) is 11.3 Å². The van der Waals surface area contributed by atoms with Crippen LogP contribution in [-0.4, -0.2) is 41.4 Å². The zero-order valence-electron chi connectivity index (χ0n) is 15.9. The van der Waals surface area contributed by atoms with Crippen LogP contribution in [0.4, 0.5) is 5.00 Å². The van der Waals surface area contributed by atoms with Crippen molar-refractivity contribution < 1.29 is 28.7 Å². The number of nitrogens with one attached hydrogen (secondary N) is 2. The van der Waals surface area contributed by atoms with Crippen LogP contribution in [0, 0.1) is 13.8 Å². The van der Waals surface area contributed by atoms with Crippen LogP contribution >= 0.6 is 11.3 Å². The summed E-state index contributed by atoms with van der Waals surface area (Å²) in [6.07, 6.45) is -1.15. The lowest BCUT2D eigenvalue weighted by Crippen LogP contribution is -2.30. The molecule has 0 saturated carbocycles. The number of amides is 2. The van der Waals surface area contributed by atoms with Gasteiger partial charge in [-0.25, -0.2) is 9.59 Å². The second-order valence-electron chi connectivity index (χ2n) is 5.91. The summed E-state index contributed by atoms with van der Waals surface area (Å²) in [7, 11) is 0. The second kappa shape index (κ2) is 8.70. The highest BCUT2D eigenvalue weighted by atomic mass is 32.1. The lowest BCUT2D eigenvalue weighted by atomic mass is 10.1. The average molecular weight is 407 g/mol. The predicted octanol–water partition coefficient (Wildman–Crippen LogP) is 2.15. The van der Waals surface area contributed by atoms with Crippen molar-refractivity contribution >= 4 is 40.1 Å². The zero-order chi connectivity index (χ0) is 21.0. The van der Waals surface area contributed by atoms with E-state index in [0.29, 0.717) is 11.3 Å². The molecule has 0 bridgehead atoms. The Balaban J connectivity index is 2.11. The number of hydrogen-bond donors (Lipinski definition) is 3. The van der Waals surface area contributed by atoms with Gasteiger partial charge in [-0.05, 0) is 44.7 Å². The van der Waals surface area contributed by atoms with Crippen molar-refractivity contribution in [1.29, 1.82) is 0 Å². The Morgan fingerprint density at radius 1 is 1.25 bits per heavy atom. The first kappa shape index (κ1) is 21.2. The molecule has 0 spiro atoms. The van der Waals surface area contributed by atoms with E-state index in [9.17, 15) is 19.2 Å². The van der Waals surface area contributed by atoms with E-state index < -0.39 is 29.9 Å². The third-order valence-electron chi connectivity index (χ3n) is 3.94.